The largest absolute Gasteiger partial charge is 0.342 e. The fourth-order valence-electron chi connectivity index (χ4n) is 4.67. The van der Waals surface area contributed by atoms with Crippen molar-refractivity contribution in [2.24, 2.45) is 11.0 Å². The second-order valence-electron chi connectivity index (χ2n) is 8.49. The lowest BCUT2D eigenvalue weighted by Crippen LogP contribution is -2.34. The molecule has 3 aromatic rings. The highest BCUT2D eigenvalue weighted by molar-refractivity contribution is 6.31. The number of nitrogens with zero attached hydrogens (tertiary/aromatic N) is 2. The van der Waals surface area contributed by atoms with Crippen LogP contribution >= 0.6 is 34.8 Å². The van der Waals surface area contributed by atoms with Crippen LogP contribution < -0.4 is 5.32 Å². The van der Waals surface area contributed by atoms with E-state index in [4.69, 9.17) is 39.9 Å². The van der Waals surface area contributed by atoms with Crippen LogP contribution in [0.1, 0.15) is 36.4 Å². The summed E-state index contributed by atoms with van der Waals surface area (Å²) in [4.78, 5) is 13.4. The summed E-state index contributed by atoms with van der Waals surface area (Å²) >= 11 is 18.3. The minimum atomic E-state index is -0.296. The Morgan fingerprint density at radius 2 is 1.65 bits per heavy atom. The van der Waals surface area contributed by atoms with Crippen molar-refractivity contribution in [1.29, 1.82) is 0 Å². The Hall–Kier alpha value is -2.79. The van der Waals surface area contributed by atoms with E-state index in [2.05, 4.69) is 11.4 Å². The van der Waals surface area contributed by atoms with Gasteiger partial charge in [-0.15, -0.1) is 0 Å². The minimum Gasteiger partial charge on any atom is -0.306 e. The molecule has 172 valence electrons. The van der Waals surface area contributed by atoms with Crippen LogP contribution in [-0.4, -0.2) is 16.8 Å². The topological polar surface area (TPSA) is 44.7 Å². The van der Waals surface area contributed by atoms with Crippen LogP contribution in [0, 0.1) is 5.92 Å². The first-order chi connectivity index (χ1) is 16.5. The van der Waals surface area contributed by atoms with Crippen molar-refractivity contribution < 1.29 is 4.79 Å². The van der Waals surface area contributed by atoms with E-state index in [0.29, 0.717) is 20.8 Å². The standard InChI is InChI=1S/C27H22Cl3N3O/c28-20-11-7-17(8-12-20)15-19-3-1-6-24-25(19)32-33(26(24)18-9-13-21(29)14-10-18)27(34)31-23-5-2-4-22(30)16-23/h2,4-5,7-16,24,26H,1,3,6H2,(H,31,34)/b19-15+/t24-,26+/m1/s1. The van der Waals surface area contributed by atoms with Crippen molar-refractivity contribution in [3.63, 3.8) is 0 Å². The number of fused-ring (bicyclic) bond motifs is 1. The summed E-state index contributed by atoms with van der Waals surface area (Å²) in [6.45, 7) is 0. The number of urea groups is 1. The number of halogens is 3. The van der Waals surface area contributed by atoms with Crippen LogP contribution in [0.3, 0.4) is 0 Å². The normalized spacial score (nSPS) is 20.7. The molecule has 0 saturated heterocycles. The number of carbonyl (C=O) groups excluding carboxylic acids is 1. The average Bonchev–Trinajstić information content (AvgIpc) is 3.22. The second-order valence-corrected chi connectivity index (χ2v) is 9.80. The molecule has 1 N–H and O–H groups in total. The van der Waals surface area contributed by atoms with Crippen molar-refractivity contribution in [3.8, 4) is 0 Å². The predicted molar refractivity (Wildman–Crippen MR) is 141 cm³/mol. The number of carbonyl (C=O) groups is 1. The summed E-state index contributed by atoms with van der Waals surface area (Å²) in [5.74, 6) is 0.0959. The van der Waals surface area contributed by atoms with E-state index in [1.54, 1.807) is 23.2 Å². The molecule has 7 heteroatoms. The number of rotatable bonds is 3. The van der Waals surface area contributed by atoms with Gasteiger partial charge in [-0.1, -0.05) is 65.1 Å². The Labute approximate surface area is 213 Å². The molecule has 0 aromatic heterocycles. The minimum absolute atomic E-state index is 0.0959. The number of hydrazone groups is 1. The smallest absolute Gasteiger partial charge is 0.306 e. The van der Waals surface area contributed by atoms with Crippen LogP contribution in [0.2, 0.25) is 15.1 Å². The summed E-state index contributed by atoms with van der Waals surface area (Å²) in [5, 5.41) is 11.3. The van der Waals surface area contributed by atoms with Gasteiger partial charge in [-0.25, -0.2) is 9.80 Å². The molecule has 0 radical (unpaired) electrons. The van der Waals surface area contributed by atoms with Crippen LogP contribution in [-0.2, 0) is 0 Å². The van der Waals surface area contributed by atoms with Gasteiger partial charge in [-0.2, -0.15) is 5.10 Å². The molecule has 1 saturated carbocycles. The highest BCUT2D eigenvalue weighted by Crippen LogP contribution is 2.44. The summed E-state index contributed by atoms with van der Waals surface area (Å²) in [7, 11) is 0. The number of anilines is 1. The summed E-state index contributed by atoms with van der Waals surface area (Å²) in [6, 6.07) is 22.0. The zero-order chi connectivity index (χ0) is 23.7. The van der Waals surface area contributed by atoms with E-state index in [1.807, 2.05) is 54.6 Å². The van der Waals surface area contributed by atoms with Gasteiger partial charge in [0.2, 0.25) is 0 Å². The second kappa shape index (κ2) is 9.83. The van der Waals surface area contributed by atoms with Crippen molar-refractivity contribution >= 4 is 58.3 Å². The number of amides is 2. The number of hydrogen-bond donors (Lipinski definition) is 1. The van der Waals surface area contributed by atoms with Gasteiger partial charge in [0.15, 0.2) is 0 Å². The third-order valence-electron chi connectivity index (χ3n) is 6.21. The lowest BCUT2D eigenvalue weighted by atomic mass is 9.77. The molecule has 1 aliphatic heterocycles. The first kappa shape index (κ1) is 23.0. The van der Waals surface area contributed by atoms with Crippen LogP contribution in [0.5, 0.6) is 0 Å². The van der Waals surface area contributed by atoms with Gasteiger partial charge < -0.3 is 5.32 Å². The maximum absolute atomic E-state index is 13.4. The fraction of sp³-hybridized carbons (Fsp3) is 0.185. The highest BCUT2D eigenvalue weighted by atomic mass is 35.5. The van der Waals surface area contributed by atoms with Crippen LogP contribution in [0.25, 0.3) is 6.08 Å². The quantitative estimate of drug-likeness (QED) is 0.377. The molecular weight excluding hydrogens is 489 g/mol. The fourth-order valence-corrected chi connectivity index (χ4v) is 5.11. The van der Waals surface area contributed by atoms with Gasteiger partial charge in [0.05, 0.1) is 11.8 Å². The Balaban J connectivity index is 1.52. The molecule has 0 unspecified atom stereocenters. The molecule has 34 heavy (non-hydrogen) atoms. The first-order valence-electron chi connectivity index (χ1n) is 11.1. The molecule has 5 rings (SSSR count). The van der Waals surface area contributed by atoms with Gasteiger partial charge >= 0.3 is 6.03 Å². The van der Waals surface area contributed by atoms with E-state index in [-0.39, 0.29) is 18.0 Å². The number of hydrogen-bond acceptors (Lipinski definition) is 2. The lowest BCUT2D eigenvalue weighted by molar-refractivity contribution is 0.188. The number of nitrogens with one attached hydrogen (secondary N) is 1. The third-order valence-corrected chi connectivity index (χ3v) is 6.95. The maximum atomic E-state index is 13.4. The number of allylic oxidation sites excluding steroid dienone is 1. The summed E-state index contributed by atoms with van der Waals surface area (Å²) in [6.07, 6.45) is 5.04. The molecule has 2 amide bonds. The Morgan fingerprint density at radius 1 is 0.941 bits per heavy atom. The molecule has 1 aliphatic carbocycles. The van der Waals surface area contributed by atoms with Gasteiger partial charge in [0.25, 0.3) is 0 Å². The van der Waals surface area contributed by atoms with Gasteiger partial charge in [0.1, 0.15) is 0 Å². The maximum Gasteiger partial charge on any atom is 0.342 e. The number of benzene rings is 3. The molecule has 0 bridgehead atoms. The van der Waals surface area contributed by atoms with Gasteiger partial charge in [-0.3, -0.25) is 0 Å². The molecule has 1 heterocycles. The summed E-state index contributed by atoms with van der Waals surface area (Å²) < 4.78 is 0. The Morgan fingerprint density at radius 3 is 2.35 bits per heavy atom. The molecule has 2 aliphatic rings. The van der Waals surface area contributed by atoms with Crippen molar-refractivity contribution in [2.45, 2.75) is 25.3 Å². The lowest BCUT2D eigenvalue weighted by Gasteiger charge is -2.29. The van der Waals surface area contributed by atoms with E-state index < -0.39 is 0 Å². The van der Waals surface area contributed by atoms with E-state index in [1.165, 1.54) is 0 Å². The highest BCUT2D eigenvalue weighted by Gasteiger charge is 2.43. The third kappa shape index (κ3) is 4.85. The predicted octanol–water partition coefficient (Wildman–Crippen LogP) is 8.48. The molecule has 2 atom stereocenters. The zero-order valence-corrected chi connectivity index (χ0v) is 20.5. The average molecular weight is 511 g/mol. The Kier molecular flexibility index (Phi) is 6.64. The van der Waals surface area contributed by atoms with Crippen LogP contribution in [0.4, 0.5) is 10.5 Å². The van der Waals surface area contributed by atoms with Crippen molar-refractivity contribution in [2.75, 3.05) is 5.32 Å². The van der Waals surface area contributed by atoms with Gasteiger partial charge in [-0.05, 0) is 84.5 Å². The van der Waals surface area contributed by atoms with E-state index in [9.17, 15) is 4.79 Å². The summed E-state index contributed by atoms with van der Waals surface area (Å²) in [5.41, 5.74) is 4.80. The molecule has 0 spiro atoms. The SMILES string of the molecule is O=C(Nc1cccc(Cl)c1)N1N=C2/C(=C/c3ccc(Cl)cc3)CCC[C@H]2[C@@H]1c1ccc(Cl)cc1. The van der Waals surface area contributed by atoms with E-state index in [0.717, 1.165) is 41.7 Å². The van der Waals surface area contributed by atoms with Crippen molar-refractivity contribution in [1.82, 2.24) is 5.01 Å². The molecule has 1 fully saturated rings. The Bertz CT molecular complexity index is 1270. The van der Waals surface area contributed by atoms with Gasteiger partial charge in [0, 0.05) is 26.7 Å². The monoisotopic (exact) mass is 509 g/mol. The van der Waals surface area contributed by atoms with Crippen molar-refractivity contribution in [3.05, 3.63) is 105 Å². The van der Waals surface area contributed by atoms with Crippen LogP contribution in [0.15, 0.2) is 83.5 Å². The first-order valence-corrected chi connectivity index (χ1v) is 12.3. The molecule has 4 nitrogen and oxygen atoms in total. The molecule has 3 aromatic carbocycles. The molecular formula is C27H22Cl3N3O. The zero-order valence-electron chi connectivity index (χ0n) is 18.2. The van der Waals surface area contributed by atoms with E-state index >= 15 is 0 Å².